The molecule has 0 spiro atoms. The summed E-state index contributed by atoms with van der Waals surface area (Å²) in [5.41, 5.74) is 2.61. The van der Waals surface area contributed by atoms with Gasteiger partial charge in [-0.15, -0.1) is 0 Å². The van der Waals surface area contributed by atoms with E-state index in [0.29, 0.717) is 17.7 Å². The first kappa shape index (κ1) is 18.6. The largest absolute Gasteiger partial charge is 0.363 e. The first-order valence-corrected chi connectivity index (χ1v) is 8.72. The Morgan fingerprint density at radius 3 is 2.52 bits per heavy atom. The first-order valence-electron chi connectivity index (χ1n) is 8.72. The summed E-state index contributed by atoms with van der Waals surface area (Å²) in [5.74, 6) is -0.0633. The van der Waals surface area contributed by atoms with Gasteiger partial charge in [0.05, 0.1) is 11.1 Å². The number of pyridine rings is 1. The Bertz CT molecular complexity index is 891. The second-order valence-corrected chi connectivity index (χ2v) is 6.76. The van der Waals surface area contributed by atoms with E-state index in [1.165, 1.54) is 0 Å². The molecule has 0 saturated heterocycles. The van der Waals surface area contributed by atoms with Gasteiger partial charge >= 0.3 is 0 Å². The van der Waals surface area contributed by atoms with Gasteiger partial charge in [-0.3, -0.25) is 19.3 Å². The Labute approximate surface area is 158 Å². The van der Waals surface area contributed by atoms with Gasteiger partial charge in [-0.25, -0.2) is 4.98 Å². The molecule has 2 heterocycles. The van der Waals surface area contributed by atoms with Gasteiger partial charge in [0.1, 0.15) is 5.82 Å². The Balaban J connectivity index is 1.52. The lowest BCUT2D eigenvalue weighted by Gasteiger charge is -2.14. The molecule has 0 atom stereocenters. The number of amides is 3. The Morgan fingerprint density at radius 2 is 1.85 bits per heavy atom. The average Bonchev–Trinajstić information content (AvgIpc) is 2.88. The van der Waals surface area contributed by atoms with E-state index in [1.807, 2.05) is 38.1 Å². The minimum absolute atomic E-state index is 0.0632. The highest BCUT2D eigenvalue weighted by Crippen LogP contribution is 2.23. The van der Waals surface area contributed by atoms with Crippen LogP contribution in [-0.2, 0) is 11.3 Å². The molecule has 3 rings (SSSR count). The summed E-state index contributed by atoms with van der Waals surface area (Å²) in [4.78, 5) is 44.2. The fourth-order valence-corrected chi connectivity index (χ4v) is 2.90. The second kappa shape index (κ2) is 7.57. The van der Waals surface area contributed by atoms with Crippen molar-refractivity contribution in [1.82, 2.24) is 15.2 Å². The second-order valence-electron chi connectivity index (χ2n) is 6.76. The highest BCUT2D eigenvalue weighted by atomic mass is 16.2. The maximum atomic E-state index is 12.4. The minimum atomic E-state index is -0.341. The van der Waals surface area contributed by atoms with Gasteiger partial charge in [-0.1, -0.05) is 17.7 Å². The maximum Gasteiger partial charge on any atom is 0.261 e. The fourth-order valence-electron chi connectivity index (χ4n) is 2.90. The third-order valence-corrected chi connectivity index (χ3v) is 4.45. The van der Waals surface area contributed by atoms with Gasteiger partial charge in [0.25, 0.3) is 11.8 Å². The molecule has 140 valence electrons. The number of aryl methyl sites for hydroxylation is 1. The molecule has 2 aromatic rings. The van der Waals surface area contributed by atoms with E-state index in [0.717, 1.165) is 21.8 Å². The molecule has 0 fully saturated rings. The zero-order valence-corrected chi connectivity index (χ0v) is 15.7. The number of benzene rings is 1. The van der Waals surface area contributed by atoms with Gasteiger partial charge in [-0.05, 0) is 30.7 Å². The van der Waals surface area contributed by atoms with Gasteiger partial charge < -0.3 is 10.2 Å². The van der Waals surface area contributed by atoms with E-state index in [2.05, 4.69) is 10.3 Å². The van der Waals surface area contributed by atoms with E-state index < -0.39 is 0 Å². The number of hydrogen-bond donors (Lipinski definition) is 1. The third-order valence-electron chi connectivity index (χ3n) is 4.45. The van der Waals surface area contributed by atoms with Gasteiger partial charge in [0, 0.05) is 39.8 Å². The lowest BCUT2D eigenvalue weighted by Crippen LogP contribution is -2.34. The molecule has 1 aromatic carbocycles. The van der Waals surface area contributed by atoms with Crippen LogP contribution in [0.5, 0.6) is 0 Å². The van der Waals surface area contributed by atoms with Crippen LogP contribution >= 0.6 is 0 Å². The molecule has 0 radical (unpaired) electrons. The van der Waals surface area contributed by atoms with E-state index in [1.54, 1.807) is 24.4 Å². The van der Waals surface area contributed by atoms with Crippen LogP contribution in [0.1, 0.15) is 38.3 Å². The number of rotatable bonds is 6. The molecule has 7 nitrogen and oxygen atoms in total. The van der Waals surface area contributed by atoms with Crippen molar-refractivity contribution in [3.8, 4) is 0 Å². The number of aromatic nitrogens is 1. The number of hydrogen-bond acceptors (Lipinski definition) is 5. The van der Waals surface area contributed by atoms with Crippen LogP contribution in [0.15, 0.2) is 36.5 Å². The van der Waals surface area contributed by atoms with Crippen molar-refractivity contribution in [3.05, 3.63) is 58.8 Å². The normalized spacial score (nSPS) is 12.9. The van der Waals surface area contributed by atoms with Crippen molar-refractivity contribution in [3.63, 3.8) is 0 Å². The zero-order chi connectivity index (χ0) is 19.6. The molecule has 27 heavy (non-hydrogen) atoms. The van der Waals surface area contributed by atoms with Crippen LogP contribution in [-0.4, -0.2) is 48.2 Å². The van der Waals surface area contributed by atoms with E-state index in [4.69, 9.17) is 0 Å². The van der Waals surface area contributed by atoms with Crippen molar-refractivity contribution in [2.45, 2.75) is 19.9 Å². The summed E-state index contributed by atoms with van der Waals surface area (Å²) >= 11 is 0. The molecule has 7 heteroatoms. The monoisotopic (exact) mass is 366 g/mol. The third kappa shape index (κ3) is 3.97. The van der Waals surface area contributed by atoms with E-state index in [-0.39, 0.29) is 30.7 Å². The minimum Gasteiger partial charge on any atom is -0.363 e. The smallest absolute Gasteiger partial charge is 0.261 e. The van der Waals surface area contributed by atoms with Crippen LogP contribution in [0.2, 0.25) is 0 Å². The molecular formula is C20H22N4O3. The average molecular weight is 366 g/mol. The zero-order valence-electron chi connectivity index (χ0n) is 15.7. The molecule has 1 aliphatic rings. The number of anilines is 1. The summed E-state index contributed by atoms with van der Waals surface area (Å²) in [6, 6.07) is 8.95. The van der Waals surface area contributed by atoms with Crippen molar-refractivity contribution < 1.29 is 14.4 Å². The standard InChI is InChI=1S/C20H22N4O3/c1-13-4-6-15-16(10-13)20(27)24(19(15)26)9-8-18(25)22-12-14-5-7-17(21-11-14)23(2)3/h4-7,10-11H,8-9,12H2,1-3H3,(H,22,25). The lowest BCUT2D eigenvalue weighted by atomic mass is 10.1. The predicted octanol–water partition coefficient (Wildman–Crippen LogP) is 1.76. The molecule has 1 aromatic heterocycles. The molecule has 0 aliphatic carbocycles. The van der Waals surface area contributed by atoms with Crippen molar-refractivity contribution >= 4 is 23.5 Å². The van der Waals surface area contributed by atoms with E-state index >= 15 is 0 Å². The topological polar surface area (TPSA) is 82.6 Å². The molecule has 1 aliphatic heterocycles. The molecule has 1 N–H and O–H groups in total. The Kier molecular flexibility index (Phi) is 5.21. The molecular weight excluding hydrogens is 344 g/mol. The van der Waals surface area contributed by atoms with Crippen LogP contribution in [0.4, 0.5) is 5.82 Å². The predicted molar refractivity (Wildman–Crippen MR) is 102 cm³/mol. The fraction of sp³-hybridized carbons (Fsp3) is 0.300. The summed E-state index contributed by atoms with van der Waals surface area (Å²) in [6.07, 6.45) is 1.77. The molecule has 3 amide bonds. The van der Waals surface area contributed by atoms with Crippen LogP contribution in [0, 0.1) is 6.92 Å². The lowest BCUT2D eigenvalue weighted by molar-refractivity contribution is -0.121. The summed E-state index contributed by atoms with van der Waals surface area (Å²) < 4.78 is 0. The van der Waals surface area contributed by atoms with Gasteiger partial charge in [0.15, 0.2) is 0 Å². The maximum absolute atomic E-state index is 12.4. The van der Waals surface area contributed by atoms with Crippen molar-refractivity contribution in [2.75, 3.05) is 25.5 Å². The quantitative estimate of drug-likeness (QED) is 0.788. The highest BCUT2D eigenvalue weighted by Gasteiger charge is 2.35. The number of nitrogens with zero attached hydrogens (tertiary/aromatic N) is 3. The molecule has 0 saturated carbocycles. The van der Waals surface area contributed by atoms with Crippen LogP contribution in [0.25, 0.3) is 0 Å². The van der Waals surface area contributed by atoms with Crippen LogP contribution in [0.3, 0.4) is 0 Å². The summed E-state index contributed by atoms with van der Waals surface area (Å²) in [5, 5.41) is 2.79. The first-order chi connectivity index (χ1) is 12.9. The Morgan fingerprint density at radius 1 is 1.11 bits per heavy atom. The summed E-state index contributed by atoms with van der Waals surface area (Å²) in [6.45, 7) is 2.28. The van der Waals surface area contributed by atoms with Gasteiger partial charge in [-0.2, -0.15) is 0 Å². The van der Waals surface area contributed by atoms with Crippen molar-refractivity contribution in [1.29, 1.82) is 0 Å². The van der Waals surface area contributed by atoms with Gasteiger partial charge in [0.2, 0.25) is 5.91 Å². The van der Waals surface area contributed by atoms with Crippen molar-refractivity contribution in [2.24, 2.45) is 0 Å². The SMILES string of the molecule is Cc1ccc2c(c1)C(=O)N(CCC(=O)NCc1ccc(N(C)C)nc1)C2=O. The number of carbonyl (C=O) groups is 3. The highest BCUT2D eigenvalue weighted by molar-refractivity contribution is 6.21. The number of carbonyl (C=O) groups excluding carboxylic acids is 3. The Hall–Kier alpha value is -3.22. The summed E-state index contributed by atoms with van der Waals surface area (Å²) in [7, 11) is 3.81. The number of nitrogens with one attached hydrogen (secondary N) is 1. The molecule has 0 unspecified atom stereocenters. The van der Waals surface area contributed by atoms with E-state index in [9.17, 15) is 14.4 Å². The molecule has 0 bridgehead atoms. The number of fused-ring (bicyclic) bond motifs is 1. The number of imide groups is 1. The van der Waals surface area contributed by atoms with Crippen LogP contribution < -0.4 is 10.2 Å².